The van der Waals surface area contributed by atoms with Gasteiger partial charge in [-0.1, -0.05) is 0 Å². The van der Waals surface area contributed by atoms with Gasteiger partial charge < -0.3 is 10.1 Å². The molecule has 2 bridgehead atoms. The molecule has 1 N–H and O–H groups in total. The van der Waals surface area contributed by atoms with Crippen LogP contribution >= 0.6 is 15.9 Å². The van der Waals surface area contributed by atoms with Crippen molar-refractivity contribution in [1.29, 1.82) is 0 Å². The van der Waals surface area contributed by atoms with Gasteiger partial charge in [-0.2, -0.15) is 0 Å². The van der Waals surface area contributed by atoms with Crippen molar-refractivity contribution in [3.63, 3.8) is 0 Å². The van der Waals surface area contributed by atoms with Crippen LogP contribution in [-0.4, -0.2) is 32.6 Å². The van der Waals surface area contributed by atoms with Gasteiger partial charge in [0.05, 0.1) is 30.3 Å². The molecule has 2 aliphatic heterocycles. The minimum absolute atomic E-state index is 0.414. The lowest BCUT2D eigenvalue weighted by atomic mass is 9.95. The van der Waals surface area contributed by atoms with Gasteiger partial charge in [-0.15, -0.1) is 0 Å². The molecule has 2 fully saturated rings. The lowest BCUT2D eigenvalue weighted by molar-refractivity contribution is 0.0972. The van der Waals surface area contributed by atoms with Crippen LogP contribution in [0.3, 0.4) is 0 Å². The first kappa shape index (κ1) is 11.8. The van der Waals surface area contributed by atoms with Gasteiger partial charge in [-0.25, -0.2) is 9.97 Å². The summed E-state index contributed by atoms with van der Waals surface area (Å²) in [6.07, 6.45) is 10.1. The first-order valence-electron chi connectivity index (χ1n) is 6.66. The number of imidazole rings is 1. The second-order valence-electron chi connectivity index (χ2n) is 5.28. The smallest absolute Gasteiger partial charge is 0.155 e. The Morgan fingerprint density at radius 1 is 1.37 bits per heavy atom. The summed E-state index contributed by atoms with van der Waals surface area (Å²) in [6, 6.07) is 0.495. The summed E-state index contributed by atoms with van der Waals surface area (Å²) < 4.78 is 8.75. The molecule has 19 heavy (non-hydrogen) atoms. The van der Waals surface area contributed by atoms with Crippen LogP contribution in [-0.2, 0) is 11.3 Å². The quantitative estimate of drug-likeness (QED) is 0.937. The fourth-order valence-corrected chi connectivity index (χ4v) is 3.44. The maximum atomic E-state index is 5.86. The molecular formula is C13H15BrN4O. The predicted molar refractivity (Wildman–Crippen MR) is 73.8 cm³/mol. The highest BCUT2D eigenvalue weighted by Gasteiger charge is 2.40. The van der Waals surface area contributed by atoms with Gasteiger partial charge in [0.2, 0.25) is 0 Å². The van der Waals surface area contributed by atoms with Crippen molar-refractivity contribution in [2.45, 2.75) is 44.1 Å². The largest absolute Gasteiger partial charge is 0.373 e. The van der Waals surface area contributed by atoms with Gasteiger partial charge in [0, 0.05) is 18.8 Å². The van der Waals surface area contributed by atoms with Crippen LogP contribution in [0, 0.1) is 0 Å². The molecule has 2 aromatic rings. The molecule has 0 saturated carbocycles. The number of fused-ring (bicyclic) bond motifs is 3. The number of hydrogen-bond acceptors (Lipinski definition) is 4. The Morgan fingerprint density at radius 2 is 2.32 bits per heavy atom. The second-order valence-corrected chi connectivity index (χ2v) is 6.10. The van der Waals surface area contributed by atoms with Crippen LogP contribution in [0.25, 0.3) is 5.65 Å². The monoisotopic (exact) mass is 322 g/mol. The van der Waals surface area contributed by atoms with Crippen LogP contribution < -0.4 is 5.32 Å². The fraction of sp³-hybridized carbons (Fsp3) is 0.538. The topological polar surface area (TPSA) is 51.5 Å². The van der Waals surface area contributed by atoms with E-state index in [1.165, 1.54) is 12.8 Å². The summed E-state index contributed by atoms with van der Waals surface area (Å²) in [5.41, 5.74) is 2.03. The van der Waals surface area contributed by atoms with Crippen molar-refractivity contribution < 1.29 is 4.74 Å². The summed E-state index contributed by atoms with van der Waals surface area (Å²) in [4.78, 5) is 8.54. The number of nitrogens with one attached hydrogen (secondary N) is 1. The summed E-state index contributed by atoms with van der Waals surface area (Å²) in [5, 5.41) is 3.61. The third-order valence-corrected chi connectivity index (χ3v) is 4.50. The Hall–Kier alpha value is -0.980. The van der Waals surface area contributed by atoms with Gasteiger partial charge in [0.15, 0.2) is 5.65 Å². The van der Waals surface area contributed by atoms with Gasteiger partial charge in [0.1, 0.15) is 4.60 Å². The zero-order chi connectivity index (χ0) is 12.8. The molecule has 0 aliphatic carbocycles. The molecule has 6 heteroatoms. The molecule has 0 spiro atoms. The van der Waals surface area contributed by atoms with Crippen LogP contribution in [0.2, 0.25) is 0 Å². The van der Waals surface area contributed by atoms with E-state index >= 15 is 0 Å². The third kappa shape index (κ3) is 2.07. The summed E-state index contributed by atoms with van der Waals surface area (Å²) in [6.45, 7) is 0.814. The highest BCUT2D eigenvalue weighted by atomic mass is 79.9. The minimum Gasteiger partial charge on any atom is -0.373 e. The molecule has 5 nitrogen and oxygen atoms in total. The van der Waals surface area contributed by atoms with Crippen molar-refractivity contribution in [1.82, 2.24) is 19.7 Å². The first-order valence-corrected chi connectivity index (χ1v) is 7.45. The van der Waals surface area contributed by atoms with Crippen LogP contribution in [0.1, 0.15) is 25.0 Å². The molecule has 2 saturated heterocycles. The SMILES string of the molecule is Brc1cn2c(CNC3CC4CCC3O4)cnc2cn1. The molecule has 3 atom stereocenters. The molecule has 0 radical (unpaired) electrons. The number of rotatable bonds is 3. The highest BCUT2D eigenvalue weighted by molar-refractivity contribution is 9.10. The van der Waals surface area contributed by atoms with Crippen LogP contribution in [0.15, 0.2) is 23.2 Å². The van der Waals surface area contributed by atoms with E-state index in [0.29, 0.717) is 18.2 Å². The fourth-order valence-electron chi connectivity index (χ4n) is 3.14. The van der Waals surface area contributed by atoms with Crippen molar-refractivity contribution in [2.24, 2.45) is 0 Å². The molecular weight excluding hydrogens is 308 g/mol. The average Bonchev–Trinajstić information content (AvgIpc) is 3.10. The third-order valence-electron chi connectivity index (χ3n) is 4.09. The lowest BCUT2D eigenvalue weighted by Gasteiger charge is -2.19. The predicted octanol–water partition coefficient (Wildman–Crippen LogP) is 1.90. The van der Waals surface area contributed by atoms with Crippen molar-refractivity contribution in [2.75, 3.05) is 0 Å². The lowest BCUT2D eigenvalue weighted by Crippen LogP contribution is -2.37. The normalized spacial score (nSPS) is 29.4. The maximum absolute atomic E-state index is 5.86. The van der Waals surface area contributed by atoms with E-state index in [4.69, 9.17) is 4.74 Å². The maximum Gasteiger partial charge on any atom is 0.155 e. The number of aromatic nitrogens is 3. The van der Waals surface area contributed by atoms with E-state index in [0.717, 1.165) is 28.9 Å². The molecule has 4 heterocycles. The summed E-state index contributed by atoms with van der Waals surface area (Å²) in [5.74, 6) is 0. The highest BCUT2D eigenvalue weighted by Crippen LogP contribution is 2.34. The molecule has 4 rings (SSSR count). The van der Waals surface area contributed by atoms with E-state index in [9.17, 15) is 0 Å². The van der Waals surface area contributed by atoms with Gasteiger partial charge in [0.25, 0.3) is 0 Å². The Morgan fingerprint density at radius 3 is 3.11 bits per heavy atom. The number of halogens is 1. The Bertz CT molecular complexity index is 614. The van der Waals surface area contributed by atoms with Gasteiger partial charge in [-0.05, 0) is 35.2 Å². The van der Waals surface area contributed by atoms with Crippen molar-refractivity contribution in [3.8, 4) is 0 Å². The minimum atomic E-state index is 0.414. The van der Waals surface area contributed by atoms with E-state index in [-0.39, 0.29) is 0 Å². The van der Waals surface area contributed by atoms with Crippen molar-refractivity contribution in [3.05, 3.63) is 28.9 Å². The van der Waals surface area contributed by atoms with Gasteiger partial charge in [-0.3, -0.25) is 4.40 Å². The van der Waals surface area contributed by atoms with E-state index < -0.39 is 0 Å². The van der Waals surface area contributed by atoms with E-state index in [1.54, 1.807) is 6.20 Å². The van der Waals surface area contributed by atoms with E-state index in [2.05, 4.69) is 35.6 Å². The Kier molecular flexibility index (Phi) is 2.82. The zero-order valence-electron chi connectivity index (χ0n) is 10.4. The van der Waals surface area contributed by atoms with Crippen molar-refractivity contribution >= 4 is 21.6 Å². The molecule has 0 aromatic carbocycles. The first-order chi connectivity index (χ1) is 9.29. The Balaban J connectivity index is 1.51. The Labute approximate surface area is 119 Å². The standard InChI is InChI=1S/C13H15BrN4O/c14-12-7-18-8(5-17-13(18)6-16-12)4-15-10-3-9-1-2-11(10)19-9/h5-7,9-11,15H,1-4H2. The van der Waals surface area contributed by atoms with Gasteiger partial charge >= 0.3 is 0 Å². The summed E-state index contributed by atoms with van der Waals surface area (Å²) >= 11 is 3.40. The number of hydrogen-bond donors (Lipinski definition) is 1. The molecule has 100 valence electrons. The molecule has 3 unspecified atom stereocenters. The van der Waals surface area contributed by atoms with E-state index in [1.807, 2.05) is 12.4 Å². The van der Waals surface area contributed by atoms with Crippen LogP contribution in [0.4, 0.5) is 0 Å². The number of ether oxygens (including phenoxy) is 1. The number of nitrogens with zero attached hydrogens (tertiary/aromatic N) is 3. The van der Waals surface area contributed by atoms with Crippen LogP contribution in [0.5, 0.6) is 0 Å². The average molecular weight is 323 g/mol. The molecule has 0 amide bonds. The second kappa shape index (κ2) is 4.54. The summed E-state index contributed by atoms with van der Waals surface area (Å²) in [7, 11) is 0. The molecule has 2 aromatic heterocycles. The zero-order valence-corrected chi connectivity index (χ0v) is 12.0. The molecule has 2 aliphatic rings.